The van der Waals surface area contributed by atoms with Gasteiger partial charge in [0.15, 0.2) is 23.0 Å². The number of allylic oxidation sites excluding steroid dienone is 4. The summed E-state index contributed by atoms with van der Waals surface area (Å²) in [5.74, 6) is 3.17. The van der Waals surface area contributed by atoms with Crippen LogP contribution in [0.2, 0.25) is 0 Å². The maximum Gasteiger partial charge on any atom is 0.805 e. The minimum atomic E-state index is -4.78. The molecule has 0 radical (unpaired) electrons. The molecule has 0 amide bonds. The van der Waals surface area contributed by atoms with Crippen molar-refractivity contribution < 1.29 is 113 Å². The molecule has 0 aliphatic heterocycles. The van der Waals surface area contributed by atoms with Gasteiger partial charge in [0.2, 0.25) is 0 Å². The Morgan fingerprint density at radius 2 is 0.476 bits per heavy atom. The molecule has 0 aliphatic carbocycles. The van der Waals surface area contributed by atoms with Gasteiger partial charge in [-0.05, 0) is 284 Å². The summed E-state index contributed by atoms with van der Waals surface area (Å²) < 4.78 is 203. The Morgan fingerprint density at radius 3 is 0.722 bits per heavy atom. The first-order chi connectivity index (χ1) is 60.6. The molecule has 0 saturated heterocycles. The molecule has 6 unspecified atom stereocenters. The molecule has 25 nitrogen and oxygen atoms in total. The summed E-state index contributed by atoms with van der Waals surface area (Å²) in [4.78, 5) is 0. The van der Waals surface area contributed by atoms with Crippen LogP contribution in [-0.4, -0.2) is 8.80 Å². The highest BCUT2D eigenvalue weighted by molar-refractivity contribution is 7.50. The standard InChI is InChI=1S/C90H88O25P6Si.2C2H6/c1-13-71(14-2)101-118(93,104-76-43-39-73(40-44-76)97-116(91)99-87-63(5)27-23-28-64(87)6)106-80-51-57-83(58-52-80)113-122(86-37-21-18-22-38-86,114-84-59-53-81(54-60-84)107-119(94,102-72(15-3)16-4)105-77-45-41-74(42-46-77)98-117(92)100-88-65(7)29-24-30-66(88)8)115-85-61-55-82(56-62-85)110-121(96,112-90-69(11)33-26-34-70(90)12)109-79-49-47-78(48-50-79)108-120(95,103-75-35-19-17-20-36-75)111-89-67(9)31-25-32-68(89)10;2*1-2/h13,15,17-62H,14,16H2,1-12H3;2*1-2H3/q+2;;/b71-13-,72-15-;;. The van der Waals surface area contributed by atoms with Gasteiger partial charge in [-0.3, -0.25) is 0 Å². The lowest BCUT2D eigenvalue weighted by Crippen LogP contribution is -2.64. The lowest BCUT2D eigenvalue weighted by Gasteiger charge is -2.30. The van der Waals surface area contributed by atoms with E-state index in [2.05, 4.69) is 0 Å². The zero-order valence-electron chi connectivity index (χ0n) is 72.5. The molecule has 126 heavy (non-hydrogen) atoms. The summed E-state index contributed by atoms with van der Waals surface area (Å²) in [6.07, 6.45) is 3.90. The highest BCUT2D eigenvalue weighted by atomic mass is 31.2. The summed E-state index contributed by atoms with van der Waals surface area (Å²) in [6, 6.07) is 74.6. The molecule has 12 aromatic carbocycles. The predicted molar refractivity (Wildman–Crippen MR) is 490 cm³/mol. The van der Waals surface area contributed by atoms with Crippen LogP contribution in [0.15, 0.2) is 303 Å². The minimum Gasteiger partial charge on any atom is -0.480 e. The van der Waals surface area contributed by atoms with E-state index in [0.29, 0.717) is 69.0 Å². The second-order valence-corrected chi connectivity index (χ2v) is 36.9. The van der Waals surface area contributed by atoms with Crippen LogP contribution < -0.4 is 81.8 Å². The van der Waals surface area contributed by atoms with E-state index in [-0.39, 0.29) is 80.5 Å². The summed E-state index contributed by atoms with van der Waals surface area (Å²) in [5.41, 5.74) is 5.75. The van der Waals surface area contributed by atoms with E-state index in [4.69, 9.17) is 85.7 Å². The first-order valence-electron chi connectivity index (χ1n) is 40.3. The van der Waals surface area contributed by atoms with Gasteiger partial charge in [0.05, 0.1) is 5.19 Å². The third kappa shape index (κ3) is 27.1. The quantitative estimate of drug-likeness (QED) is 0.0195. The van der Waals surface area contributed by atoms with Crippen molar-refractivity contribution >= 4 is 61.8 Å². The Bertz CT molecular complexity index is 5630. The second kappa shape index (κ2) is 45.0. The van der Waals surface area contributed by atoms with Crippen molar-refractivity contribution in [2.24, 2.45) is 0 Å². The summed E-state index contributed by atoms with van der Waals surface area (Å²) in [5, 5.41) is 0.418. The number of benzene rings is 12. The Morgan fingerprint density at radius 1 is 0.262 bits per heavy atom. The fraction of sp³-hybridized carbons (Fsp3) is 0.191. The normalized spacial score (nSPS) is 13.7. The Balaban J connectivity index is 0.00000408. The molecular formula is C94H100O25P6Si+2. The predicted octanol–water partition coefficient (Wildman–Crippen LogP) is 28.9. The van der Waals surface area contributed by atoms with E-state index >= 15 is 4.57 Å². The van der Waals surface area contributed by atoms with E-state index in [1.165, 1.54) is 146 Å². The fourth-order valence-electron chi connectivity index (χ4n) is 11.8. The third-order valence-electron chi connectivity index (χ3n) is 17.8. The van der Waals surface area contributed by atoms with Gasteiger partial charge in [-0.2, -0.15) is 18.3 Å². The SMILES string of the molecule is C/C=C(/CC)OP(=O)(Oc1ccc(O[P+](=O)Oc2c(C)cccc2C)cc1)Oc1ccc(O[Si](Oc2ccc(OP(=O)(O/C(=C\C)CC)Oc3ccc(O[P+](=O)Oc4c(C)cccc4C)cc3)cc2)(Oc2ccc(OP(=O)(Oc3ccc(OP(=O)(Oc4ccccc4)Oc4c(C)cccc4C)cc3)Oc3c(C)cccc3C)cc2)c2ccccc2)cc1.CC.CC. The first kappa shape index (κ1) is 95.9. The van der Waals surface area contributed by atoms with Crippen LogP contribution in [0.4, 0.5) is 0 Å². The van der Waals surface area contributed by atoms with E-state index in [1.807, 2.05) is 130 Å². The van der Waals surface area contributed by atoms with Crippen LogP contribution in [0.1, 0.15) is 113 Å². The second-order valence-electron chi connectivity index (χ2n) is 27.2. The van der Waals surface area contributed by atoms with Gasteiger partial charge in [-0.25, -0.2) is 18.1 Å². The number of para-hydroxylation sites is 5. The van der Waals surface area contributed by atoms with E-state index < -0.39 is 56.6 Å². The van der Waals surface area contributed by atoms with Crippen molar-refractivity contribution in [3.05, 3.63) is 347 Å². The largest absolute Gasteiger partial charge is 0.805 e. The Kier molecular flexibility index (Phi) is 34.2. The van der Waals surface area contributed by atoms with Gasteiger partial charge in [-0.15, -0.1) is 0 Å². The highest BCUT2D eigenvalue weighted by Crippen LogP contribution is 2.57. The molecule has 0 aliphatic rings. The van der Waals surface area contributed by atoms with Crippen molar-refractivity contribution in [2.45, 2.75) is 124 Å². The molecule has 0 heterocycles. The minimum absolute atomic E-state index is 0.00491. The Hall–Kier alpha value is -12.3. The molecule has 0 aromatic heterocycles. The maximum absolute atomic E-state index is 15.5. The van der Waals surface area contributed by atoms with Crippen LogP contribution in [0.25, 0.3) is 0 Å². The molecule has 0 saturated carbocycles. The van der Waals surface area contributed by atoms with Crippen LogP contribution in [0.3, 0.4) is 0 Å². The molecule has 0 fully saturated rings. The van der Waals surface area contributed by atoms with Crippen LogP contribution in [-0.2, 0) is 36.4 Å². The smallest absolute Gasteiger partial charge is 0.480 e. The average Bonchev–Trinajstić information content (AvgIpc) is 0.788. The van der Waals surface area contributed by atoms with Crippen LogP contribution in [0, 0.1) is 55.4 Å². The average molecular weight is 1840 g/mol. The number of phosphoric ester groups is 4. The number of rotatable bonds is 41. The van der Waals surface area contributed by atoms with E-state index in [9.17, 15) is 22.8 Å². The van der Waals surface area contributed by atoms with Gasteiger partial charge < -0.3 is 67.6 Å². The zero-order chi connectivity index (χ0) is 90.6. The van der Waals surface area contributed by atoms with Crippen molar-refractivity contribution in [1.29, 1.82) is 0 Å². The first-order valence-corrected chi connectivity index (χ1v) is 50.1. The van der Waals surface area contributed by atoms with Crippen molar-refractivity contribution in [1.82, 2.24) is 0 Å². The van der Waals surface area contributed by atoms with Crippen LogP contribution >= 0.6 is 47.8 Å². The van der Waals surface area contributed by atoms with E-state index in [0.717, 1.165) is 22.3 Å². The molecule has 12 rings (SSSR count). The topological polar surface area (TPSA) is 278 Å². The summed E-state index contributed by atoms with van der Waals surface area (Å²) >= 11 is 0. The fourth-order valence-corrected chi connectivity index (χ4v) is 21.3. The number of phosphoric acid groups is 4. The summed E-state index contributed by atoms with van der Waals surface area (Å²) in [6.45, 7) is 29.6. The molecule has 0 bridgehead atoms. The monoisotopic (exact) mass is 1840 g/mol. The lowest BCUT2D eigenvalue weighted by atomic mass is 10.1. The van der Waals surface area contributed by atoms with Crippen LogP contribution in [0.5, 0.6) is 97.7 Å². The third-order valence-corrected chi connectivity index (χ3v) is 27.0. The van der Waals surface area contributed by atoms with Crippen molar-refractivity contribution in [3.63, 3.8) is 0 Å². The van der Waals surface area contributed by atoms with Gasteiger partial charge in [0.25, 0.3) is 0 Å². The highest BCUT2D eigenvalue weighted by Gasteiger charge is 2.53. The van der Waals surface area contributed by atoms with Crippen molar-refractivity contribution in [2.75, 3.05) is 0 Å². The van der Waals surface area contributed by atoms with Crippen molar-refractivity contribution in [3.8, 4) is 97.7 Å². The lowest BCUT2D eigenvalue weighted by molar-refractivity contribution is 0.250. The van der Waals surface area contributed by atoms with Gasteiger partial charge >= 0.3 is 56.6 Å². The van der Waals surface area contributed by atoms with Gasteiger partial charge in [0.1, 0.15) is 86.3 Å². The molecule has 6 atom stereocenters. The van der Waals surface area contributed by atoms with E-state index in [1.54, 1.807) is 126 Å². The molecule has 0 spiro atoms. The summed E-state index contributed by atoms with van der Waals surface area (Å²) in [7, 11) is -28.3. The molecule has 0 N–H and O–H groups in total. The van der Waals surface area contributed by atoms with Gasteiger partial charge in [-0.1, -0.05) is 163 Å². The number of hydrogen-bond donors (Lipinski definition) is 0. The maximum atomic E-state index is 15.5. The molecule has 32 heteroatoms. The number of hydrogen-bond acceptors (Lipinski definition) is 25. The Labute approximate surface area is 739 Å². The van der Waals surface area contributed by atoms with Gasteiger partial charge in [0, 0.05) is 22.0 Å². The molecule has 658 valence electrons. The number of aryl methyl sites for hydroxylation is 8. The molecule has 12 aromatic rings. The zero-order valence-corrected chi connectivity index (χ0v) is 78.9. The molecular weight excluding hydrogens is 1740 g/mol.